The summed E-state index contributed by atoms with van der Waals surface area (Å²) in [7, 11) is 0. The van der Waals surface area contributed by atoms with E-state index in [-0.39, 0.29) is 23.7 Å². The molecule has 4 aliphatic rings. The van der Waals surface area contributed by atoms with Gasteiger partial charge in [-0.05, 0) is 55.2 Å². The number of fused-ring (bicyclic) bond motifs is 1. The maximum absolute atomic E-state index is 12.9. The lowest BCUT2D eigenvalue weighted by Crippen LogP contribution is -2.44. The van der Waals surface area contributed by atoms with E-state index in [4.69, 9.17) is 10.5 Å². The van der Waals surface area contributed by atoms with Crippen molar-refractivity contribution in [3.63, 3.8) is 0 Å². The summed E-state index contributed by atoms with van der Waals surface area (Å²) in [6, 6.07) is 11.3. The van der Waals surface area contributed by atoms with E-state index in [0.29, 0.717) is 23.6 Å². The van der Waals surface area contributed by atoms with Crippen molar-refractivity contribution in [3.8, 4) is 11.1 Å². The van der Waals surface area contributed by atoms with E-state index in [2.05, 4.69) is 39.5 Å². The van der Waals surface area contributed by atoms with Gasteiger partial charge in [0.1, 0.15) is 5.82 Å². The summed E-state index contributed by atoms with van der Waals surface area (Å²) in [5.41, 5.74) is 9.93. The molecule has 1 aromatic heterocycles. The van der Waals surface area contributed by atoms with Gasteiger partial charge in [-0.2, -0.15) is 0 Å². The lowest BCUT2D eigenvalue weighted by atomic mass is 9.69. The number of hydrogen-bond acceptors (Lipinski definition) is 6. The second kappa shape index (κ2) is 8.87. The first-order valence-electron chi connectivity index (χ1n) is 13.1. The fourth-order valence-electron chi connectivity index (χ4n) is 6.54. The predicted octanol–water partition coefficient (Wildman–Crippen LogP) is 2.98. The van der Waals surface area contributed by atoms with Crippen molar-refractivity contribution in [1.29, 1.82) is 0 Å². The first-order chi connectivity index (χ1) is 17.0. The summed E-state index contributed by atoms with van der Waals surface area (Å²) < 4.78 is 5.56. The number of piperidine rings is 1. The number of benzene rings is 1. The number of aliphatic hydroxyl groups excluding tert-OH is 1. The number of anilines is 1. The molecule has 2 saturated carbocycles. The van der Waals surface area contributed by atoms with Crippen LogP contribution in [0.5, 0.6) is 0 Å². The number of pyridine rings is 1. The third-order valence-corrected chi connectivity index (χ3v) is 9.21. The number of aliphatic hydroxyl groups is 1. The van der Waals surface area contributed by atoms with Gasteiger partial charge >= 0.3 is 0 Å². The van der Waals surface area contributed by atoms with Crippen LogP contribution in [0.2, 0.25) is 0 Å². The van der Waals surface area contributed by atoms with E-state index in [0.717, 1.165) is 68.9 Å². The summed E-state index contributed by atoms with van der Waals surface area (Å²) in [6.45, 7) is 4.73. The zero-order valence-corrected chi connectivity index (χ0v) is 20.3. The van der Waals surface area contributed by atoms with Crippen LogP contribution >= 0.6 is 0 Å². The van der Waals surface area contributed by atoms with E-state index in [1.807, 2.05) is 6.07 Å². The van der Waals surface area contributed by atoms with Gasteiger partial charge in [-0.15, -0.1) is 0 Å². The molecule has 6 rings (SSSR count). The van der Waals surface area contributed by atoms with Crippen molar-refractivity contribution < 1.29 is 14.6 Å². The van der Waals surface area contributed by atoms with Gasteiger partial charge in [-0.3, -0.25) is 9.69 Å². The summed E-state index contributed by atoms with van der Waals surface area (Å²) in [4.78, 5) is 19.9. The first-order valence-corrected chi connectivity index (χ1v) is 13.1. The van der Waals surface area contributed by atoms with Crippen LogP contribution in [-0.4, -0.2) is 66.4 Å². The average Bonchev–Trinajstić information content (AvgIpc) is 3.45. The normalized spacial score (nSPS) is 27.7. The minimum atomic E-state index is -0.230. The molecule has 4 fully saturated rings. The van der Waals surface area contributed by atoms with Crippen LogP contribution in [0.4, 0.5) is 5.82 Å². The van der Waals surface area contributed by atoms with Crippen LogP contribution in [0.25, 0.3) is 11.1 Å². The quantitative estimate of drug-likeness (QED) is 0.568. The minimum Gasteiger partial charge on any atom is -0.396 e. The van der Waals surface area contributed by atoms with E-state index >= 15 is 0 Å². The molecule has 0 bridgehead atoms. The van der Waals surface area contributed by atoms with Gasteiger partial charge in [0, 0.05) is 61.5 Å². The Balaban J connectivity index is 1.15. The fraction of sp³-hybridized carbons (Fsp3) is 0.571. The number of aromatic nitrogens is 1. The highest BCUT2D eigenvalue weighted by atomic mass is 16.5. The molecule has 2 atom stereocenters. The number of likely N-dealkylation sites (tertiary alicyclic amines) is 1. The highest BCUT2D eigenvalue weighted by Crippen LogP contribution is 2.59. The molecule has 7 heteroatoms. The smallest absolute Gasteiger partial charge is 0.255 e. The molecule has 0 spiro atoms. The molecule has 0 unspecified atom stereocenters. The summed E-state index contributed by atoms with van der Waals surface area (Å²) in [6.07, 6.45) is 8.32. The molecule has 0 radical (unpaired) electrons. The highest BCUT2D eigenvalue weighted by Gasteiger charge is 2.61. The molecule has 1 aromatic carbocycles. The van der Waals surface area contributed by atoms with Crippen molar-refractivity contribution >= 4 is 11.7 Å². The van der Waals surface area contributed by atoms with Gasteiger partial charge in [-0.25, -0.2) is 4.98 Å². The van der Waals surface area contributed by atoms with E-state index < -0.39 is 0 Å². The topological polar surface area (TPSA) is 101 Å². The Morgan fingerprint density at radius 3 is 2.66 bits per heavy atom. The number of rotatable bonds is 7. The minimum absolute atomic E-state index is 0.0998. The zero-order valence-electron chi connectivity index (χ0n) is 20.3. The molecule has 2 aliphatic heterocycles. The van der Waals surface area contributed by atoms with Crippen molar-refractivity contribution in [1.82, 2.24) is 15.2 Å². The van der Waals surface area contributed by atoms with Crippen molar-refractivity contribution in [2.24, 2.45) is 11.3 Å². The third kappa shape index (κ3) is 4.13. The predicted molar refractivity (Wildman–Crippen MR) is 135 cm³/mol. The van der Waals surface area contributed by atoms with E-state index in [1.54, 1.807) is 6.20 Å². The largest absolute Gasteiger partial charge is 0.396 e. The maximum Gasteiger partial charge on any atom is 0.255 e. The van der Waals surface area contributed by atoms with Crippen LogP contribution in [0.1, 0.15) is 54.4 Å². The lowest BCUT2D eigenvalue weighted by molar-refractivity contribution is 0.0378. The van der Waals surface area contributed by atoms with Gasteiger partial charge < -0.3 is 20.9 Å². The standard InChI is InChI=1S/C28H36N4O3/c29-25-24(26(34)31-16-27(18-33)8-1-9-27)12-20(14-30-25)19-2-4-21(5-3-19)28-13-22(28)15-32(17-28)23-6-10-35-11-7-23/h2-5,12,14,22-23,33H,1,6-11,13,15-18H2,(H2,29,30)(H,31,34)/t22-,28+/m1/s1. The Hall–Kier alpha value is -2.48. The molecular formula is C28H36N4O3. The summed E-state index contributed by atoms with van der Waals surface area (Å²) in [5.74, 6) is 0.767. The molecule has 3 heterocycles. The Kier molecular flexibility index (Phi) is 5.82. The third-order valence-electron chi connectivity index (χ3n) is 9.21. The van der Waals surface area contributed by atoms with E-state index in [9.17, 15) is 9.90 Å². The maximum atomic E-state index is 12.9. The second-order valence-corrected chi connectivity index (χ2v) is 11.3. The molecule has 2 aromatic rings. The summed E-state index contributed by atoms with van der Waals surface area (Å²) in [5, 5.41) is 12.6. The van der Waals surface area contributed by atoms with Crippen molar-refractivity contribution in [2.75, 3.05) is 45.2 Å². The van der Waals surface area contributed by atoms with Crippen LogP contribution in [-0.2, 0) is 10.2 Å². The van der Waals surface area contributed by atoms with Gasteiger partial charge in [0.2, 0.25) is 0 Å². The number of hydrogen-bond donors (Lipinski definition) is 3. The monoisotopic (exact) mass is 476 g/mol. The number of nitrogens with zero attached hydrogens (tertiary/aromatic N) is 2. The SMILES string of the molecule is Nc1ncc(-c2ccc([C@@]34C[C@@H]3CN(C3CCOCC3)C4)cc2)cc1C(=O)NCC1(CO)CCC1. The number of amides is 1. The Morgan fingerprint density at radius 1 is 1.20 bits per heavy atom. The van der Waals surface area contributed by atoms with E-state index in [1.165, 1.54) is 18.5 Å². The number of nitrogens with one attached hydrogen (secondary N) is 1. The second-order valence-electron chi connectivity index (χ2n) is 11.3. The van der Waals surface area contributed by atoms with Gasteiger partial charge in [0.25, 0.3) is 5.91 Å². The number of ether oxygens (including phenoxy) is 1. The first kappa shape index (κ1) is 23.0. The zero-order chi connectivity index (χ0) is 24.0. The molecule has 35 heavy (non-hydrogen) atoms. The van der Waals surface area contributed by atoms with Gasteiger partial charge in [0.15, 0.2) is 0 Å². The molecular weight excluding hydrogens is 440 g/mol. The highest BCUT2D eigenvalue weighted by molar-refractivity contribution is 5.99. The molecule has 1 amide bonds. The fourth-order valence-corrected chi connectivity index (χ4v) is 6.54. The average molecular weight is 477 g/mol. The van der Waals surface area contributed by atoms with Crippen LogP contribution in [0.15, 0.2) is 36.5 Å². The van der Waals surface area contributed by atoms with Crippen LogP contribution in [0, 0.1) is 11.3 Å². The van der Waals surface area contributed by atoms with Crippen LogP contribution in [0.3, 0.4) is 0 Å². The number of nitrogen functional groups attached to an aromatic ring is 1. The number of carbonyl (C=O) groups is 1. The van der Waals surface area contributed by atoms with Gasteiger partial charge in [0.05, 0.1) is 12.2 Å². The molecule has 7 nitrogen and oxygen atoms in total. The van der Waals surface area contributed by atoms with Crippen molar-refractivity contribution in [3.05, 3.63) is 47.7 Å². The molecule has 186 valence electrons. The molecule has 4 N–H and O–H groups in total. The molecule has 2 saturated heterocycles. The Morgan fingerprint density at radius 2 is 1.97 bits per heavy atom. The Labute approximate surface area is 207 Å². The van der Waals surface area contributed by atoms with Crippen molar-refractivity contribution in [2.45, 2.75) is 50.0 Å². The summed E-state index contributed by atoms with van der Waals surface area (Å²) >= 11 is 0. The number of carbonyl (C=O) groups excluding carboxylic acids is 1. The lowest BCUT2D eigenvalue weighted by Gasteiger charge is -2.40. The Bertz CT molecular complexity index is 1090. The van der Waals surface area contributed by atoms with Crippen LogP contribution < -0.4 is 11.1 Å². The molecule has 2 aliphatic carbocycles. The number of nitrogens with two attached hydrogens (primary N) is 1. The van der Waals surface area contributed by atoms with Gasteiger partial charge in [-0.1, -0.05) is 30.7 Å².